The molecule has 110 valence electrons. The molecule has 1 saturated heterocycles. The molecule has 0 radical (unpaired) electrons. The van der Waals surface area contributed by atoms with Crippen LogP contribution in [-0.2, 0) is 6.54 Å². The Labute approximate surface area is 120 Å². The molecule has 6 heteroatoms. The molecule has 0 aliphatic carbocycles. The van der Waals surface area contributed by atoms with E-state index in [0.29, 0.717) is 18.5 Å². The number of nitrogens with zero attached hydrogens (tertiary/aromatic N) is 2. The van der Waals surface area contributed by atoms with E-state index in [1.54, 1.807) is 6.07 Å². The third-order valence-corrected chi connectivity index (χ3v) is 4.00. The van der Waals surface area contributed by atoms with E-state index in [-0.39, 0.29) is 5.46 Å². The minimum atomic E-state index is -1.63. The van der Waals surface area contributed by atoms with Gasteiger partial charge in [-0.2, -0.15) is 0 Å². The van der Waals surface area contributed by atoms with Crippen molar-refractivity contribution in [2.24, 2.45) is 5.92 Å². The first-order valence-corrected chi connectivity index (χ1v) is 6.91. The minimum Gasteiger partial charge on any atom is -0.423 e. The van der Waals surface area contributed by atoms with Gasteiger partial charge in [0.25, 0.3) is 0 Å². The van der Waals surface area contributed by atoms with Crippen molar-refractivity contribution >= 4 is 12.6 Å². The van der Waals surface area contributed by atoms with Crippen molar-refractivity contribution in [2.75, 3.05) is 27.2 Å². The van der Waals surface area contributed by atoms with Gasteiger partial charge in [0.15, 0.2) is 0 Å². The van der Waals surface area contributed by atoms with Crippen molar-refractivity contribution in [3.05, 3.63) is 29.6 Å². The van der Waals surface area contributed by atoms with Crippen LogP contribution in [0.1, 0.15) is 12.5 Å². The first kappa shape index (κ1) is 15.4. The second-order valence-corrected chi connectivity index (χ2v) is 5.97. The van der Waals surface area contributed by atoms with Crippen LogP contribution in [0.25, 0.3) is 0 Å². The number of likely N-dealkylation sites (N-methyl/N-ethyl adjacent to an activating group) is 1. The maximum absolute atomic E-state index is 13.5. The molecule has 1 fully saturated rings. The average Bonchev–Trinajstić information content (AvgIpc) is 2.69. The number of hydrogen-bond donors (Lipinski definition) is 2. The fourth-order valence-corrected chi connectivity index (χ4v) is 3.02. The first-order valence-electron chi connectivity index (χ1n) is 6.91. The Balaban J connectivity index is 2.08. The molecule has 4 nitrogen and oxygen atoms in total. The Hall–Kier alpha value is -0.945. The lowest BCUT2D eigenvalue weighted by atomic mass is 9.79. The van der Waals surface area contributed by atoms with Gasteiger partial charge in [-0.1, -0.05) is 13.0 Å². The molecular weight excluding hydrogens is 258 g/mol. The van der Waals surface area contributed by atoms with E-state index in [2.05, 4.69) is 30.8 Å². The zero-order valence-electron chi connectivity index (χ0n) is 12.3. The molecule has 1 aromatic rings. The van der Waals surface area contributed by atoms with Gasteiger partial charge in [0.2, 0.25) is 0 Å². The Kier molecular flexibility index (Phi) is 4.80. The third kappa shape index (κ3) is 3.58. The van der Waals surface area contributed by atoms with Crippen molar-refractivity contribution in [3.63, 3.8) is 0 Å². The second kappa shape index (κ2) is 6.22. The van der Waals surface area contributed by atoms with Crippen LogP contribution in [-0.4, -0.2) is 60.2 Å². The minimum absolute atomic E-state index is 0.205. The summed E-state index contributed by atoms with van der Waals surface area (Å²) in [5.41, 5.74) is 0.983. The normalized spacial score (nSPS) is 23.6. The topological polar surface area (TPSA) is 46.9 Å². The highest BCUT2D eigenvalue weighted by Gasteiger charge is 2.30. The number of hydrogen-bond acceptors (Lipinski definition) is 4. The van der Waals surface area contributed by atoms with Gasteiger partial charge in [-0.15, -0.1) is 0 Å². The average molecular weight is 280 g/mol. The zero-order valence-corrected chi connectivity index (χ0v) is 12.3. The molecular formula is C14H22BFN2O2. The van der Waals surface area contributed by atoms with Gasteiger partial charge in [-0.25, -0.2) is 4.39 Å². The van der Waals surface area contributed by atoms with Crippen LogP contribution in [0.2, 0.25) is 0 Å². The van der Waals surface area contributed by atoms with Crippen molar-refractivity contribution in [1.29, 1.82) is 0 Å². The van der Waals surface area contributed by atoms with Gasteiger partial charge in [0, 0.05) is 25.7 Å². The van der Waals surface area contributed by atoms with Crippen LogP contribution >= 0.6 is 0 Å². The molecule has 2 unspecified atom stereocenters. The lowest BCUT2D eigenvalue weighted by Gasteiger charge is -2.22. The fraction of sp³-hybridized carbons (Fsp3) is 0.571. The summed E-state index contributed by atoms with van der Waals surface area (Å²) in [5, 5.41) is 18.3. The monoisotopic (exact) mass is 280 g/mol. The molecule has 0 spiro atoms. The van der Waals surface area contributed by atoms with Crippen molar-refractivity contribution in [2.45, 2.75) is 19.5 Å². The smallest absolute Gasteiger partial charge is 0.423 e. The van der Waals surface area contributed by atoms with E-state index in [1.165, 1.54) is 6.07 Å². The van der Waals surface area contributed by atoms with Gasteiger partial charge >= 0.3 is 7.12 Å². The molecule has 0 bridgehead atoms. The van der Waals surface area contributed by atoms with E-state index >= 15 is 0 Å². The first-order chi connectivity index (χ1) is 9.36. The summed E-state index contributed by atoms with van der Waals surface area (Å²) in [5.74, 6) is 0.142. The highest BCUT2D eigenvalue weighted by Crippen LogP contribution is 2.21. The predicted octanol–water partition coefficient (Wildman–Crippen LogP) is -0.113. The third-order valence-electron chi connectivity index (χ3n) is 4.00. The molecule has 2 rings (SSSR count). The van der Waals surface area contributed by atoms with Gasteiger partial charge in [0.1, 0.15) is 5.82 Å². The highest BCUT2D eigenvalue weighted by atomic mass is 19.1. The molecule has 20 heavy (non-hydrogen) atoms. The summed E-state index contributed by atoms with van der Waals surface area (Å²) in [6.07, 6.45) is 0. The summed E-state index contributed by atoms with van der Waals surface area (Å²) in [4.78, 5) is 4.50. The Morgan fingerprint density at radius 2 is 2.00 bits per heavy atom. The summed E-state index contributed by atoms with van der Waals surface area (Å²) in [7, 11) is 2.52. The molecule has 1 heterocycles. The summed E-state index contributed by atoms with van der Waals surface area (Å²) in [6, 6.07) is 4.77. The van der Waals surface area contributed by atoms with Crippen molar-refractivity contribution < 1.29 is 14.4 Å². The maximum atomic E-state index is 13.5. The van der Waals surface area contributed by atoms with Crippen LogP contribution in [0.5, 0.6) is 0 Å². The van der Waals surface area contributed by atoms with Crippen LogP contribution in [0.15, 0.2) is 18.2 Å². The number of benzene rings is 1. The molecule has 1 aliphatic heterocycles. The Morgan fingerprint density at radius 3 is 2.55 bits per heavy atom. The second-order valence-electron chi connectivity index (χ2n) is 5.97. The standard InChI is InChI=1S/C14H22BFN2O2/c1-10-7-18(9-14(10)17(2)3)8-11-4-12(15(19)20)6-13(16)5-11/h4-6,10,14,19-20H,7-9H2,1-3H3. The van der Waals surface area contributed by atoms with Crippen LogP contribution in [0, 0.1) is 11.7 Å². The summed E-state index contributed by atoms with van der Waals surface area (Å²) >= 11 is 0. The number of halogens is 1. The van der Waals surface area contributed by atoms with Crippen molar-refractivity contribution in [3.8, 4) is 0 Å². The van der Waals surface area contributed by atoms with Crippen molar-refractivity contribution in [1.82, 2.24) is 9.80 Å². The fourth-order valence-electron chi connectivity index (χ4n) is 3.02. The van der Waals surface area contributed by atoms with E-state index < -0.39 is 12.9 Å². The largest absolute Gasteiger partial charge is 0.488 e. The molecule has 2 N–H and O–H groups in total. The lowest BCUT2D eigenvalue weighted by Crippen LogP contribution is -2.34. The quantitative estimate of drug-likeness (QED) is 0.755. The maximum Gasteiger partial charge on any atom is 0.488 e. The van der Waals surface area contributed by atoms with Gasteiger partial charge in [-0.3, -0.25) is 4.90 Å². The zero-order chi connectivity index (χ0) is 14.9. The van der Waals surface area contributed by atoms with E-state index in [4.69, 9.17) is 10.0 Å². The van der Waals surface area contributed by atoms with Gasteiger partial charge in [-0.05, 0) is 43.2 Å². The summed E-state index contributed by atoms with van der Waals surface area (Å²) < 4.78 is 13.5. The molecule has 1 aliphatic rings. The summed E-state index contributed by atoms with van der Waals surface area (Å²) in [6.45, 7) is 4.77. The molecule has 1 aromatic carbocycles. The highest BCUT2D eigenvalue weighted by molar-refractivity contribution is 6.58. The van der Waals surface area contributed by atoms with E-state index in [0.717, 1.165) is 24.7 Å². The molecule has 0 amide bonds. The number of rotatable bonds is 4. The lowest BCUT2D eigenvalue weighted by molar-refractivity contribution is 0.250. The van der Waals surface area contributed by atoms with E-state index in [9.17, 15) is 4.39 Å². The van der Waals surface area contributed by atoms with Gasteiger partial charge in [0.05, 0.1) is 0 Å². The Bertz CT molecular complexity index is 470. The van der Waals surface area contributed by atoms with E-state index in [1.807, 2.05) is 0 Å². The SMILES string of the molecule is CC1CN(Cc2cc(F)cc(B(O)O)c2)CC1N(C)C. The van der Waals surface area contributed by atoms with Crippen LogP contribution in [0.4, 0.5) is 4.39 Å². The molecule has 2 atom stereocenters. The van der Waals surface area contributed by atoms with Gasteiger partial charge < -0.3 is 14.9 Å². The Morgan fingerprint density at radius 1 is 1.30 bits per heavy atom. The predicted molar refractivity (Wildman–Crippen MR) is 78.1 cm³/mol. The molecule has 0 saturated carbocycles. The number of likely N-dealkylation sites (tertiary alicyclic amines) is 1. The van der Waals surface area contributed by atoms with Crippen LogP contribution < -0.4 is 5.46 Å². The molecule has 0 aromatic heterocycles. The van der Waals surface area contributed by atoms with Crippen LogP contribution in [0.3, 0.4) is 0 Å².